The fraction of sp³-hybridized carbons (Fsp3) is 0.400. The summed E-state index contributed by atoms with van der Waals surface area (Å²) in [5.41, 5.74) is 2.28. The van der Waals surface area contributed by atoms with Crippen molar-refractivity contribution < 1.29 is 4.79 Å². The second-order valence-electron chi connectivity index (χ2n) is 5.17. The van der Waals surface area contributed by atoms with Crippen molar-refractivity contribution in [2.24, 2.45) is 0 Å². The molecule has 1 fully saturated rings. The largest absolute Gasteiger partial charge is 0.351 e. The number of thiazole rings is 1. The van der Waals surface area contributed by atoms with Crippen LogP contribution in [0.2, 0.25) is 0 Å². The molecule has 0 radical (unpaired) electrons. The summed E-state index contributed by atoms with van der Waals surface area (Å²) < 4.78 is 0. The number of likely N-dealkylation sites (N-methyl/N-ethyl adjacent to an activating group) is 1. The fourth-order valence-corrected chi connectivity index (χ4v) is 3.12. The van der Waals surface area contributed by atoms with Crippen molar-refractivity contribution >= 4 is 22.8 Å². The van der Waals surface area contributed by atoms with Crippen LogP contribution in [0, 0.1) is 0 Å². The topological polar surface area (TPSA) is 46.1 Å². The number of rotatable bonds is 6. The summed E-state index contributed by atoms with van der Waals surface area (Å²) in [6.45, 7) is 0.889. The highest BCUT2D eigenvalue weighted by Crippen LogP contribution is 2.43. The van der Waals surface area contributed by atoms with Crippen molar-refractivity contribution in [3.8, 4) is 0 Å². The lowest BCUT2D eigenvalue weighted by Gasteiger charge is -2.15. The van der Waals surface area contributed by atoms with E-state index in [9.17, 15) is 4.79 Å². The molecule has 2 aromatic heterocycles. The Labute approximate surface area is 122 Å². The first kappa shape index (κ1) is 13.2. The van der Waals surface area contributed by atoms with Crippen LogP contribution in [-0.4, -0.2) is 29.8 Å². The van der Waals surface area contributed by atoms with Crippen molar-refractivity contribution in [3.63, 3.8) is 0 Å². The van der Waals surface area contributed by atoms with E-state index in [-0.39, 0.29) is 0 Å². The zero-order chi connectivity index (χ0) is 13.9. The number of aldehydes is 1. The van der Waals surface area contributed by atoms with Gasteiger partial charge in [-0.1, -0.05) is 11.3 Å². The number of pyridine rings is 1. The molecule has 4 nitrogen and oxygen atoms in total. The standard InChI is InChI=1S/C15H17N3OS/c1-18(9-6-11-4-7-16-8-5-11)15-17-14(12-2-3-12)13(10-19)20-15/h4-5,7-8,10,12H,2-3,6,9H2,1H3. The van der Waals surface area contributed by atoms with Crippen LogP contribution < -0.4 is 4.90 Å². The van der Waals surface area contributed by atoms with E-state index < -0.39 is 0 Å². The molecule has 0 aliphatic heterocycles. The first-order valence-corrected chi connectivity index (χ1v) is 7.65. The molecular weight excluding hydrogens is 270 g/mol. The highest BCUT2D eigenvalue weighted by molar-refractivity contribution is 7.17. The van der Waals surface area contributed by atoms with Gasteiger partial charge in [0, 0.05) is 31.9 Å². The number of carbonyl (C=O) groups excluding carboxylic acids is 1. The molecule has 1 aliphatic carbocycles. The van der Waals surface area contributed by atoms with Crippen LogP contribution in [0.3, 0.4) is 0 Å². The maximum atomic E-state index is 11.1. The number of carbonyl (C=O) groups is 1. The molecule has 0 atom stereocenters. The highest BCUT2D eigenvalue weighted by atomic mass is 32.1. The van der Waals surface area contributed by atoms with Gasteiger partial charge in [-0.25, -0.2) is 4.98 Å². The molecule has 0 N–H and O–H groups in total. The van der Waals surface area contributed by atoms with Gasteiger partial charge in [0.2, 0.25) is 0 Å². The third-order valence-corrected chi connectivity index (χ3v) is 4.66. The Kier molecular flexibility index (Phi) is 3.78. The summed E-state index contributed by atoms with van der Waals surface area (Å²) in [7, 11) is 2.03. The van der Waals surface area contributed by atoms with Gasteiger partial charge in [0.1, 0.15) is 0 Å². The molecular formula is C15H17N3OS. The van der Waals surface area contributed by atoms with E-state index in [4.69, 9.17) is 0 Å². The first-order valence-electron chi connectivity index (χ1n) is 6.84. The van der Waals surface area contributed by atoms with E-state index in [1.165, 1.54) is 29.7 Å². The minimum absolute atomic E-state index is 0.522. The molecule has 0 bridgehead atoms. The summed E-state index contributed by atoms with van der Waals surface area (Å²) in [6, 6.07) is 4.06. The third-order valence-electron chi connectivity index (χ3n) is 3.55. The average Bonchev–Trinajstić information content (AvgIpc) is 3.24. The predicted molar refractivity (Wildman–Crippen MR) is 80.7 cm³/mol. The maximum absolute atomic E-state index is 11.1. The van der Waals surface area contributed by atoms with Crippen molar-refractivity contribution in [2.45, 2.75) is 25.2 Å². The predicted octanol–water partition coefficient (Wildman–Crippen LogP) is 2.91. The minimum atomic E-state index is 0.522. The first-order chi connectivity index (χ1) is 9.78. The summed E-state index contributed by atoms with van der Waals surface area (Å²) in [5.74, 6) is 0.522. The van der Waals surface area contributed by atoms with Crippen LogP contribution in [0.4, 0.5) is 5.13 Å². The molecule has 2 aromatic rings. The van der Waals surface area contributed by atoms with Crippen molar-refractivity contribution in [1.29, 1.82) is 0 Å². The smallest absolute Gasteiger partial charge is 0.185 e. The highest BCUT2D eigenvalue weighted by Gasteiger charge is 2.30. The Balaban J connectivity index is 1.67. The molecule has 5 heteroatoms. The second kappa shape index (κ2) is 5.71. The van der Waals surface area contributed by atoms with Gasteiger partial charge in [-0.3, -0.25) is 9.78 Å². The quantitative estimate of drug-likeness (QED) is 0.766. The molecule has 3 rings (SSSR count). The van der Waals surface area contributed by atoms with E-state index in [0.29, 0.717) is 5.92 Å². The van der Waals surface area contributed by atoms with E-state index >= 15 is 0 Å². The number of hydrogen-bond donors (Lipinski definition) is 0. The monoisotopic (exact) mass is 287 g/mol. The molecule has 0 saturated heterocycles. The summed E-state index contributed by atoms with van der Waals surface area (Å²) in [4.78, 5) is 22.7. The van der Waals surface area contributed by atoms with Gasteiger partial charge < -0.3 is 4.90 Å². The van der Waals surface area contributed by atoms with Crippen LogP contribution in [0.25, 0.3) is 0 Å². The Hall–Kier alpha value is -1.75. The summed E-state index contributed by atoms with van der Waals surface area (Å²) in [5, 5.41) is 0.947. The summed E-state index contributed by atoms with van der Waals surface area (Å²) in [6.07, 6.45) is 7.87. The normalized spacial score (nSPS) is 14.2. The minimum Gasteiger partial charge on any atom is -0.351 e. The van der Waals surface area contributed by atoms with Crippen LogP contribution in [0.15, 0.2) is 24.5 Å². The van der Waals surface area contributed by atoms with Gasteiger partial charge in [0.15, 0.2) is 11.4 Å². The number of aromatic nitrogens is 2. The van der Waals surface area contributed by atoms with Gasteiger partial charge in [-0.15, -0.1) is 0 Å². The molecule has 0 spiro atoms. The Bertz CT molecular complexity index is 592. The molecule has 20 heavy (non-hydrogen) atoms. The lowest BCUT2D eigenvalue weighted by Crippen LogP contribution is -2.20. The number of nitrogens with zero attached hydrogens (tertiary/aromatic N) is 3. The molecule has 1 saturated carbocycles. The fourth-order valence-electron chi connectivity index (χ4n) is 2.17. The van der Waals surface area contributed by atoms with E-state index in [1.807, 2.05) is 31.6 Å². The zero-order valence-electron chi connectivity index (χ0n) is 11.5. The Morgan fingerprint density at radius 2 is 2.15 bits per heavy atom. The second-order valence-corrected chi connectivity index (χ2v) is 6.17. The molecule has 0 amide bonds. The molecule has 1 aliphatic rings. The van der Waals surface area contributed by atoms with Crippen LogP contribution in [-0.2, 0) is 6.42 Å². The average molecular weight is 287 g/mol. The Morgan fingerprint density at radius 1 is 1.40 bits per heavy atom. The van der Waals surface area contributed by atoms with Gasteiger partial charge in [0.05, 0.1) is 10.6 Å². The van der Waals surface area contributed by atoms with Crippen molar-refractivity contribution in [2.75, 3.05) is 18.5 Å². The van der Waals surface area contributed by atoms with Crippen molar-refractivity contribution in [3.05, 3.63) is 40.7 Å². The van der Waals surface area contributed by atoms with Crippen LogP contribution in [0.1, 0.15) is 39.7 Å². The van der Waals surface area contributed by atoms with Gasteiger partial charge >= 0.3 is 0 Å². The molecule has 2 heterocycles. The molecule has 104 valence electrons. The van der Waals surface area contributed by atoms with Crippen LogP contribution in [0.5, 0.6) is 0 Å². The lowest BCUT2D eigenvalue weighted by atomic mass is 10.2. The molecule has 0 aromatic carbocycles. The summed E-state index contributed by atoms with van der Waals surface area (Å²) >= 11 is 1.51. The third kappa shape index (κ3) is 2.88. The maximum Gasteiger partial charge on any atom is 0.185 e. The van der Waals surface area contributed by atoms with Gasteiger partial charge in [0.25, 0.3) is 0 Å². The van der Waals surface area contributed by atoms with Gasteiger partial charge in [-0.05, 0) is 37.0 Å². The van der Waals surface area contributed by atoms with E-state index in [2.05, 4.69) is 14.9 Å². The van der Waals surface area contributed by atoms with E-state index in [1.54, 1.807) is 0 Å². The van der Waals surface area contributed by atoms with Crippen LogP contribution >= 0.6 is 11.3 Å². The molecule has 0 unspecified atom stereocenters. The zero-order valence-corrected chi connectivity index (χ0v) is 12.3. The number of hydrogen-bond acceptors (Lipinski definition) is 5. The SMILES string of the molecule is CN(CCc1ccncc1)c1nc(C2CC2)c(C=O)s1. The van der Waals surface area contributed by atoms with Gasteiger partial charge in [-0.2, -0.15) is 0 Å². The number of anilines is 1. The van der Waals surface area contributed by atoms with Crippen molar-refractivity contribution in [1.82, 2.24) is 9.97 Å². The lowest BCUT2D eigenvalue weighted by molar-refractivity contribution is 0.112. The Morgan fingerprint density at radius 3 is 2.80 bits per heavy atom. The van der Waals surface area contributed by atoms with E-state index in [0.717, 1.165) is 35.0 Å².